The fourth-order valence-corrected chi connectivity index (χ4v) is 7.54. The SMILES string of the molecule is CCC(CC)CCC(=O)[C@H](C)NP(=O)(N[C@@H](C)C(=O)OCC(CC)CC)OC[C@H]1O[C@@](C)(c2ccc3c(N)ncnn23)[C@H](O)[C@@H]1O. The van der Waals surface area contributed by atoms with Gasteiger partial charge in [-0.05, 0) is 51.2 Å². The third kappa shape index (κ3) is 8.91. The number of anilines is 1. The van der Waals surface area contributed by atoms with Crippen LogP contribution in [0.3, 0.4) is 0 Å². The highest BCUT2D eigenvalue weighted by Crippen LogP contribution is 2.44. The number of nitrogens with zero attached hydrogens (tertiary/aromatic N) is 3. The number of carbonyl (C=O) groups excluding carboxylic acids is 2. The Bertz CT molecular complexity index is 1310. The summed E-state index contributed by atoms with van der Waals surface area (Å²) in [5.41, 5.74) is 5.43. The van der Waals surface area contributed by atoms with Crippen molar-refractivity contribution in [3.05, 3.63) is 24.2 Å². The molecule has 0 saturated carbocycles. The molecule has 7 atom stereocenters. The highest BCUT2D eigenvalue weighted by molar-refractivity contribution is 7.54. The summed E-state index contributed by atoms with van der Waals surface area (Å²) in [6, 6.07) is 1.41. The molecule has 1 saturated heterocycles. The van der Waals surface area contributed by atoms with Gasteiger partial charge in [0.1, 0.15) is 47.6 Å². The third-order valence-electron chi connectivity index (χ3n) is 9.21. The van der Waals surface area contributed by atoms with Gasteiger partial charge in [0.05, 0.1) is 24.9 Å². The van der Waals surface area contributed by atoms with E-state index in [1.54, 1.807) is 26.0 Å². The van der Waals surface area contributed by atoms with Crippen molar-refractivity contribution < 1.29 is 38.4 Å². The van der Waals surface area contributed by atoms with Crippen LogP contribution in [0.4, 0.5) is 5.82 Å². The summed E-state index contributed by atoms with van der Waals surface area (Å²) in [5.74, 6) is 0.0682. The van der Waals surface area contributed by atoms with Crippen LogP contribution in [0.2, 0.25) is 0 Å². The van der Waals surface area contributed by atoms with Crippen molar-refractivity contribution in [1.82, 2.24) is 24.8 Å². The van der Waals surface area contributed by atoms with E-state index in [1.165, 1.54) is 17.8 Å². The fraction of sp³-hybridized carbons (Fsp3) is 0.742. The molecule has 2 aromatic rings. The molecule has 0 amide bonds. The average Bonchev–Trinajstić information content (AvgIpc) is 3.57. The number of aliphatic hydroxyl groups is 2. The van der Waals surface area contributed by atoms with Crippen LogP contribution in [-0.4, -0.2) is 80.2 Å². The van der Waals surface area contributed by atoms with Crippen molar-refractivity contribution in [2.45, 2.75) is 123 Å². The van der Waals surface area contributed by atoms with Gasteiger partial charge in [0.25, 0.3) is 0 Å². The van der Waals surface area contributed by atoms with Gasteiger partial charge >= 0.3 is 13.6 Å². The summed E-state index contributed by atoms with van der Waals surface area (Å²) < 4.78 is 33.2. The minimum absolute atomic E-state index is 0.150. The van der Waals surface area contributed by atoms with Gasteiger partial charge in [-0.15, -0.1) is 0 Å². The van der Waals surface area contributed by atoms with E-state index in [9.17, 15) is 24.4 Å². The number of ketones is 1. The predicted molar refractivity (Wildman–Crippen MR) is 174 cm³/mol. The molecule has 15 heteroatoms. The Morgan fingerprint density at radius 1 is 1.09 bits per heavy atom. The van der Waals surface area contributed by atoms with Crippen molar-refractivity contribution in [2.75, 3.05) is 18.9 Å². The fourth-order valence-electron chi connectivity index (χ4n) is 5.69. The number of aliphatic hydroxyl groups excluding tert-OH is 2. The van der Waals surface area contributed by atoms with Gasteiger partial charge in [0, 0.05) is 6.42 Å². The molecule has 46 heavy (non-hydrogen) atoms. The Morgan fingerprint density at radius 3 is 2.35 bits per heavy atom. The minimum Gasteiger partial charge on any atom is -0.464 e. The molecule has 1 aliphatic rings. The normalized spacial score (nSPS) is 24.4. The summed E-state index contributed by atoms with van der Waals surface area (Å²) >= 11 is 0. The second-order valence-electron chi connectivity index (χ2n) is 12.4. The topological polar surface area (TPSA) is 200 Å². The van der Waals surface area contributed by atoms with Crippen molar-refractivity contribution in [3.63, 3.8) is 0 Å². The maximum Gasteiger partial charge on any atom is 0.342 e. The maximum atomic E-state index is 14.3. The number of carbonyl (C=O) groups is 2. The molecule has 3 heterocycles. The zero-order chi connectivity index (χ0) is 34.2. The molecule has 3 rings (SSSR count). The Morgan fingerprint density at radius 2 is 1.72 bits per heavy atom. The highest BCUT2D eigenvalue weighted by atomic mass is 31.2. The Balaban J connectivity index is 1.78. The van der Waals surface area contributed by atoms with Crippen molar-refractivity contribution >= 4 is 30.8 Å². The number of Topliss-reactive ketones (excluding diaryl/α,β-unsaturated/α-hetero) is 1. The smallest absolute Gasteiger partial charge is 0.342 e. The van der Waals surface area contributed by atoms with Crippen molar-refractivity contribution in [1.29, 1.82) is 0 Å². The number of aromatic nitrogens is 3. The lowest BCUT2D eigenvalue weighted by molar-refractivity contribution is -0.146. The van der Waals surface area contributed by atoms with E-state index in [4.69, 9.17) is 19.7 Å². The molecule has 1 unspecified atom stereocenters. The van der Waals surface area contributed by atoms with Crippen LogP contribution in [0.25, 0.3) is 5.52 Å². The van der Waals surface area contributed by atoms with E-state index in [2.05, 4.69) is 34.1 Å². The van der Waals surface area contributed by atoms with E-state index in [0.717, 1.165) is 25.7 Å². The molecular weight excluding hydrogens is 615 g/mol. The first kappa shape index (κ1) is 38.0. The van der Waals surface area contributed by atoms with Crippen LogP contribution in [-0.2, 0) is 33.8 Å². The van der Waals surface area contributed by atoms with Gasteiger partial charge < -0.3 is 29.9 Å². The first-order valence-corrected chi connectivity index (χ1v) is 18.0. The van der Waals surface area contributed by atoms with Crippen molar-refractivity contribution in [3.8, 4) is 0 Å². The minimum atomic E-state index is -4.14. The third-order valence-corrected chi connectivity index (χ3v) is 11.2. The molecule has 1 fully saturated rings. The number of hydrogen-bond acceptors (Lipinski definition) is 11. The van der Waals surface area contributed by atoms with E-state index < -0.39 is 56.2 Å². The summed E-state index contributed by atoms with van der Waals surface area (Å²) in [4.78, 5) is 29.9. The first-order valence-electron chi connectivity index (χ1n) is 16.3. The quantitative estimate of drug-likeness (QED) is 0.108. The lowest BCUT2D eigenvalue weighted by Gasteiger charge is -2.28. The van der Waals surface area contributed by atoms with Gasteiger partial charge in [0.15, 0.2) is 5.82 Å². The number of rotatable bonds is 19. The summed E-state index contributed by atoms with van der Waals surface area (Å²) in [5, 5.41) is 31.8. The van der Waals surface area contributed by atoms with Crippen molar-refractivity contribution in [2.24, 2.45) is 11.8 Å². The number of hydrogen-bond donors (Lipinski definition) is 5. The Kier molecular flexibility index (Phi) is 13.7. The number of nitrogens with two attached hydrogens (primary N) is 1. The average molecular weight is 669 g/mol. The Hall–Kier alpha value is -2.45. The first-order chi connectivity index (χ1) is 21.7. The van der Waals surface area contributed by atoms with E-state index >= 15 is 0 Å². The summed E-state index contributed by atoms with van der Waals surface area (Å²) in [7, 11) is -4.14. The van der Waals surface area contributed by atoms with Gasteiger partial charge in [-0.25, -0.2) is 19.7 Å². The van der Waals surface area contributed by atoms with Crippen LogP contribution in [0, 0.1) is 11.8 Å². The summed E-state index contributed by atoms with van der Waals surface area (Å²) in [6.45, 7) is 12.7. The molecule has 0 aliphatic carbocycles. The van der Waals surface area contributed by atoms with Crippen LogP contribution < -0.4 is 15.9 Å². The molecule has 0 bridgehead atoms. The van der Waals surface area contributed by atoms with Crippen LogP contribution >= 0.6 is 7.67 Å². The second-order valence-corrected chi connectivity index (χ2v) is 14.3. The van der Waals surface area contributed by atoms with Crippen LogP contribution in [0.1, 0.15) is 92.7 Å². The van der Waals surface area contributed by atoms with E-state index in [-0.39, 0.29) is 24.1 Å². The number of fused-ring (bicyclic) bond motifs is 1. The number of nitrogens with one attached hydrogen (secondary N) is 2. The van der Waals surface area contributed by atoms with Gasteiger partial charge in [-0.3, -0.25) is 14.2 Å². The van der Waals surface area contributed by atoms with E-state index in [1.807, 2.05) is 13.8 Å². The predicted octanol–water partition coefficient (Wildman–Crippen LogP) is 3.49. The lowest BCUT2D eigenvalue weighted by atomic mass is 9.93. The molecule has 1 aliphatic heterocycles. The largest absolute Gasteiger partial charge is 0.464 e. The monoisotopic (exact) mass is 668 g/mol. The Labute approximate surface area is 271 Å². The molecule has 0 aromatic carbocycles. The second kappa shape index (κ2) is 16.6. The highest BCUT2D eigenvalue weighted by Gasteiger charge is 2.54. The molecular formula is C31H53N6O8P. The van der Waals surface area contributed by atoms with Gasteiger partial charge in [0.2, 0.25) is 0 Å². The lowest BCUT2D eigenvalue weighted by Crippen LogP contribution is -2.43. The molecule has 260 valence electrons. The molecule has 14 nitrogen and oxygen atoms in total. The molecule has 0 radical (unpaired) electrons. The number of ether oxygens (including phenoxy) is 2. The zero-order valence-electron chi connectivity index (χ0n) is 28.1. The maximum absolute atomic E-state index is 14.3. The number of esters is 1. The van der Waals surface area contributed by atoms with E-state index in [0.29, 0.717) is 30.0 Å². The summed E-state index contributed by atoms with van der Waals surface area (Å²) in [6.07, 6.45) is 1.88. The molecule has 6 N–H and O–H groups in total. The standard InChI is InChI=1S/C31H53N6O8P/c1-8-21(9-2)12-14-24(38)19(5)35-46(42,36-20(6)30(41)43-16-22(10-3)11-4)44-17-25-27(39)28(40)31(7,45-25)26-15-13-23-29(32)33-18-34-37(23)26/h13,15,18-22,25,27-28,39-40H,8-12,14,16-17H2,1-7H3,(H2,32,33,34)(H2,35,36,42)/t19-,20-,25+,27+,28+,31-,46?/m0/s1. The van der Waals surface area contributed by atoms with Gasteiger partial charge in [-0.1, -0.05) is 53.4 Å². The van der Waals surface area contributed by atoms with Crippen LogP contribution in [0.15, 0.2) is 18.5 Å². The molecule has 0 spiro atoms. The van der Waals surface area contributed by atoms with Crippen LogP contribution in [0.5, 0.6) is 0 Å². The zero-order valence-corrected chi connectivity index (χ0v) is 29.0. The molecule has 2 aromatic heterocycles. The number of nitrogen functional groups attached to an aromatic ring is 1. The van der Waals surface area contributed by atoms with Gasteiger partial charge in [-0.2, -0.15) is 5.10 Å².